The minimum atomic E-state index is -0.361. The van der Waals surface area contributed by atoms with Crippen LogP contribution in [-0.2, 0) is 11.3 Å². The Kier molecular flexibility index (Phi) is 5.48. The van der Waals surface area contributed by atoms with Crippen molar-refractivity contribution >= 4 is 17.5 Å². The molecular weight excluding hydrogens is 282 g/mol. The SMILES string of the molecule is CCOCc1ccccc1NC(=O)Nc1cn(C(C)C)nn1. The molecular formula is C15H21N5O2. The van der Waals surface area contributed by atoms with Crippen LogP contribution in [0.1, 0.15) is 32.4 Å². The fraction of sp³-hybridized carbons (Fsp3) is 0.400. The molecule has 2 N–H and O–H groups in total. The third-order valence-corrected chi connectivity index (χ3v) is 3.01. The summed E-state index contributed by atoms with van der Waals surface area (Å²) < 4.78 is 7.07. The fourth-order valence-corrected chi connectivity index (χ4v) is 1.84. The van der Waals surface area contributed by atoms with Gasteiger partial charge >= 0.3 is 6.03 Å². The fourth-order valence-electron chi connectivity index (χ4n) is 1.84. The minimum absolute atomic E-state index is 0.193. The van der Waals surface area contributed by atoms with Crippen molar-refractivity contribution in [3.05, 3.63) is 36.0 Å². The molecule has 0 aliphatic rings. The lowest BCUT2D eigenvalue weighted by molar-refractivity contribution is 0.134. The number of hydrogen-bond donors (Lipinski definition) is 2. The highest BCUT2D eigenvalue weighted by molar-refractivity contribution is 5.99. The summed E-state index contributed by atoms with van der Waals surface area (Å²) in [5.41, 5.74) is 1.63. The number of nitrogens with one attached hydrogen (secondary N) is 2. The van der Waals surface area contributed by atoms with E-state index in [9.17, 15) is 4.79 Å². The van der Waals surface area contributed by atoms with Crippen molar-refractivity contribution in [1.82, 2.24) is 15.0 Å². The lowest BCUT2D eigenvalue weighted by atomic mass is 10.2. The Hall–Kier alpha value is -2.41. The van der Waals surface area contributed by atoms with Crippen molar-refractivity contribution < 1.29 is 9.53 Å². The molecule has 0 spiro atoms. The number of aromatic nitrogens is 3. The van der Waals surface area contributed by atoms with Gasteiger partial charge in [0.25, 0.3) is 0 Å². The van der Waals surface area contributed by atoms with E-state index in [1.54, 1.807) is 10.9 Å². The average Bonchev–Trinajstić information content (AvgIpc) is 2.95. The summed E-state index contributed by atoms with van der Waals surface area (Å²) in [5.74, 6) is 0.411. The van der Waals surface area contributed by atoms with Gasteiger partial charge in [-0.05, 0) is 26.8 Å². The third-order valence-electron chi connectivity index (χ3n) is 3.01. The van der Waals surface area contributed by atoms with Crippen molar-refractivity contribution in [3.63, 3.8) is 0 Å². The van der Waals surface area contributed by atoms with E-state index in [2.05, 4.69) is 20.9 Å². The number of anilines is 2. The van der Waals surface area contributed by atoms with Crippen molar-refractivity contribution in [2.75, 3.05) is 17.2 Å². The van der Waals surface area contributed by atoms with Crippen LogP contribution in [0.4, 0.5) is 16.3 Å². The first-order valence-corrected chi connectivity index (χ1v) is 7.25. The molecule has 1 aromatic heterocycles. The molecule has 0 saturated carbocycles. The molecule has 0 aliphatic carbocycles. The second-order valence-corrected chi connectivity index (χ2v) is 5.05. The number of carbonyl (C=O) groups excluding carboxylic acids is 1. The molecule has 118 valence electrons. The van der Waals surface area contributed by atoms with Crippen molar-refractivity contribution in [2.45, 2.75) is 33.4 Å². The Morgan fingerprint density at radius 1 is 1.32 bits per heavy atom. The van der Waals surface area contributed by atoms with E-state index in [1.165, 1.54) is 0 Å². The number of rotatable bonds is 6. The maximum absolute atomic E-state index is 12.0. The quantitative estimate of drug-likeness (QED) is 0.859. The van der Waals surface area contributed by atoms with E-state index in [0.29, 0.717) is 24.7 Å². The molecule has 0 unspecified atom stereocenters. The largest absolute Gasteiger partial charge is 0.377 e. The second-order valence-electron chi connectivity index (χ2n) is 5.05. The summed E-state index contributed by atoms with van der Waals surface area (Å²) in [5, 5.41) is 13.3. The Labute approximate surface area is 129 Å². The highest BCUT2D eigenvalue weighted by Crippen LogP contribution is 2.16. The zero-order valence-electron chi connectivity index (χ0n) is 13.0. The second kappa shape index (κ2) is 7.56. The number of urea groups is 1. The summed E-state index contributed by atoms with van der Waals surface area (Å²) in [4.78, 5) is 12.0. The molecule has 2 aromatic rings. The lowest BCUT2D eigenvalue weighted by Crippen LogP contribution is -2.20. The van der Waals surface area contributed by atoms with Crippen LogP contribution in [0.3, 0.4) is 0 Å². The molecule has 2 rings (SSSR count). The maximum atomic E-state index is 12.0. The van der Waals surface area contributed by atoms with Crippen LogP contribution in [0.5, 0.6) is 0 Å². The first kappa shape index (κ1) is 16.0. The van der Waals surface area contributed by atoms with Crippen molar-refractivity contribution in [2.24, 2.45) is 0 Å². The van der Waals surface area contributed by atoms with E-state index in [1.807, 2.05) is 45.0 Å². The van der Waals surface area contributed by atoms with Gasteiger partial charge in [0.2, 0.25) is 0 Å². The third kappa shape index (κ3) is 4.29. The van der Waals surface area contributed by atoms with Gasteiger partial charge in [-0.1, -0.05) is 23.4 Å². The van der Waals surface area contributed by atoms with Gasteiger partial charge in [0.15, 0.2) is 5.82 Å². The van der Waals surface area contributed by atoms with Gasteiger partial charge in [-0.3, -0.25) is 5.32 Å². The number of benzene rings is 1. The zero-order chi connectivity index (χ0) is 15.9. The van der Waals surface area contributed by atoms with Gasteiger partial charge in [-0.2, -0.15) is 0 Å². The molecule has 1 aromatic carbocycles. The van der Waals surface area contributed by atoms with Crippen LogP contribution in [-0.4, -0.2) is 27.6 Å². The highest BCUT2D eigenvalue weighted by atomic mass is 16.5. The summed E-state index contributed by atoms with van der Waals surface area (Å²) >= 11 is 0. The van der Waals surface area contributed by atoms with Gasteiger partial charge in [-0.25, -0.2) is 9.48 Å². The van der Waals surface area contributed by atoms with Gasteiger partial charge in [0.05, 0.1) is 12.8 Å². The number of nitrogens with zero attached hydrogens (tertiary/aromatic N) is 3. The number of para-hydroxylation sites is 1. The summed E-state index contributed by atoms with van der Waals surface area (Å²) in [7, 11) is 0. The van der Waals surface area contributed by atoms with Crippen LogP contribution >= 0.6 is 0 Å². The Morgan fingerprint density at radius 2 is 2.09 bits per heavy atom. The highest BCUT2D eigenvalue weighted by Gasteiger charge is 2.09. The van der Waals surface area contributed by atoms with E-state index >= 15 is 0 Å². The van der Waals surface area contributed by atoms with E-state index < -0.39 is 0 Å². The molecule has 7 heteroatoms. The normalized spacial score (nSPS) is 10.7. The lowest BCUT2D eigenvalue weighted by Gasteiger charge is -2.11. The Bertz CT molecular complexity index is 624. The summed E-state index contributed by atoms with van der Waals surface area (Å²) in [6.45, 7) is 6.99. The Balaban J connectivity index is 1.99. The monoisotopic (exact) mass is 303 g/mol. The molecule has 7 nitrogen and oxygen atoms in total. The molecule has 0 atom stereocenters. The topological polar surface area (TPSA) is 81.1 Å². The predicted octanol–water partition coefficient (Wildman–Crippen LogP) is 3.04. The summed E-state index contributed by atoms with van der Waals surface area (Å²) in [6, 6.07) is 7.35. The van der Waals surface area contributed by atoms with Crippen molar-refractivity contribution in [3.8, 4) is 0 Å². The number of amides is 2. The van der Waals surface area contributed by atoms with Crippen LogP contribution in [0, 0.1) is 0 Å². The predicted molar refractivity (Wildman–Crippen MR) is 84.8 cm³/mol. The minimum Gasteiger partial charge on any atom is -0.377 e. The standard InChI is InChI=1S/C15H21N5O2/c1-4-22-10-12-7-5-6-8-13(12)16-15(21)17-14-9-20(11(2)3)19-18-14/h5-9,11H,4,10H2,1-3H3,(H2,16,17,21). The van der Waals surface area contributed by atoms with Gasteiger partial charge in [0, 0.05) is 23.9 Å². The first-order chi connectivity index (χ1) is 10.6. The molecule has 0 saturated heterocycles. The van der Waals surface area contributed by atoms with Gasteiger partial charge in [-0.15, -0.1) is 5.10 Å². The number of ether oxygens (including phenoxy) is 1. The van der Waals surface area contributed by atoms with Crippen LogP contribution in [0.25, 0.3) is 0 Å². The van der Waals surface area contributed by atoms with Crippen LogP contribution < -0.4 is 10.6 Å². The smallest absolute Gasteiger partial charge is 0.324 e. The molecule has 0 fully saturated rings. The van der Waals surface area contributed by atoms with E-state index in [0.717, 1.165) is 5.56 Å². The molecule has 0 bridgehead atoms. The number of carbonyl (C=O) groups is 1. The maximum Gasteiger partial charge on any atom is 0.324 e. The summed E-state index contributed by atoms with van der Waals surface area (Å²) in [6.07, 6.45) is 1.69. The van der Waals surface area contributed by atoms with Gasteiger partial charge in [0.1, 0.15) is 0 Å². The first-order valence-electron chi connectivity index (χ1n) is 7.25. The number of hydrogen-bond acceptors (Lipinski definition) is 4. The van der Waals surface area contributed by atoms with Crippen molar-refractivity contribution in [1.29, 1.82) is 0 Å². The van der Waals surface area contributed by atoms with Gasteiger partial charge < -0.3 is 10.1 Å². The van der Waals surface area contributed by atoms with E-state index in [-0.39, 0.29) is 12.1 Å². The Morgan fingerprint density at radius 3 is 2.77 bits per heavy atom. The molecule has 2 amide bonds. The molecule has 0 radical (unpaired) electrons. The zero-order valence-corrected chi connectivity index (χ0v) is 13.0. The van der Waals surface area contributed by atoms with E-state index in [4.69, 9.17) is 4.74 Å². The molecule has 22 heavy (non-hydrogen) atoms. The molecule has 1 heterocycles. The van der Waals surface area contributed by atoms with Crippen LogP contribution in [0.15, 0.2) is 30.5 Å². The average molecular weight is 303 g/mol. The molecule has 0 aliphatic heterocycles. The van der Waals surface area contributed by atoms with Crippen LogP contribution in [0.2, 0.25) is 0 Å².